The number of rotatable bonds is 1. The maximum absolute atomic E-state index is 12.3. The molecule has 0 aromatic heterocycles. The third kappa shape index (κ3) is 2.55. The molecule has 1 atom stereocenters. The Morgan fingerprint density at radius 3 is 2.36 bits per heavy atom. The van der Waals surface area contributed by atoms with Crippen LogP contribution in [-0.4, -0.2) is 8.76 Å². The molecule has 0 aliphatic carbocycles. The van der Waals surface area contributed by atoms with Gasteiger partial charge in [-0.15, -0.1) is 0 Å². The Balaban J connectivity index is 3.38. The summed E-state index contributed by atoms with van der Waals surface area (Å²) >= 11 is -0.0492. The van der Waals surface area contributed by atoms with Gasteiger partial charge in [0, 0.05) is 9.37 Å². The molecule has 0 heterocycles. The molecule has 2 nitrogen and oxygen atoms in total. The van der Waals surface area contributed by atoms with Crippen molar-refractivity contribution < 1.29 is 21.9 Å². The predicted molar refractivity (Wildman–Crippen MR) is 46.3 cm³/mol. The summed E-state index contributed by atoms with van der Waals surface area (Å²) in [5.41, 5.74) is -1.17. The Morgan fingerprint density at radius 1 is 1.36 bits per heavy atom. The molecule has 0 aliphatic heterocycles. The fraction of sp³-hybridized carbons (Fsp3) is 0.143. The summed E-state index contributed by atoms with van der Waals surface area (Å²) in [5.74, 6) is 0. The maximum Gasteiger partial charge on any atom is 0.417 e. The predicted octanol–water partition coefficient (Wildman–Crippen LogP) is 2.71. The molecular formula is C7H3BrF3O2S-. The van der Waals surface area contributed by atoms with E-state index in [1.807, 2.05) is 0 Å². The minimum atomic E-state index is -4.67. The van der Waals surface area contributed by atoms with Gasteiger partial charge in [0.2, 0.25) is 0 Å². The fourth-order valence-corrected chi connectivity index (χ4v) is 1.76. The van der Waals surface area contributed by atoms with E-state index in [1.54, 1.807) is 0 Å². The molecule has 0 N–H and O–H groups in total. The number of hydrogen-bond donors (Lipinski definition) is 0. The van der Waals surface area contributed by atoms with E-state index in [0.717, 1.165) is 12.1 Å². The Morgan fingerprint density at radius 2 is 1.93 bits per heavy atom. The lowest BCUT2D eigenvalue weighted by Gasteiger charge is -2.14. The highest BCUT2D eigenvalue weighted by atomic mass is 79.9. The van der Waals surface area contributed by atoms with Crippen LogP contribution in [0, 0.1) is 0 Å². The summed E-state index contributed by atoms with van der Waals surface area (Å²) < 4.78 is 58.0. The second-order valence-electron chi connectivity index (χ2n) is 2.37. The molecule has 0 aliphatic rings. The van der Waals surface area contributed by atoms with Gasteiger partial charge < -0.3 is 4.55 Å². The maximum atomic E-state index is 12.3. The van der Waals surface area contributed by atoms with E-state index in [2.05, 4.69) is 15.9 Å². The highest BCUT2D eigenvalue weighted by Gasteiger charge is 2.33. The van der Waals surface area contributed by atoms with E-state index in [-0.39, 0.29) is 4.47 Å². The minimum absolute atomic E-state index is 0.180. The van der Waals surface area contributed by atoms with Gasteiger partial charge in [-0.3, -0.25) is 4.21 Å². The first-order valence-corrected chi connectivity index (χ1v) is 5.15. The molecule has 78 valence electrons. The van der Waals surface area contributed by atoms with Gasteiger partial charge in [0.05, 0.1) is 5.56 Å². The zero-order valence-electron chi connectivity index (χ0n) is 6.47. The van der Waals surface area contributed by atoms with Gasteiger partial charge in [0.1, 0.15) is 0 Å². The molecule has 1 aromatic carbocycles. The SMILES string of the molecule is O=S([O-])c1ccc(Br)cc1C(F)(F)F. The van der Waals surface area contributed by atoms with Gasteiger partial charge >= 0.3 is 6.18 Å². The number of benzene rings is 1. The van der Waals surface area contributed by atoms with Crippen molar-refractivity contribution in [2.24, 2.45) is 0 Å². The van der Waals surface area contributed by atoms with Crippen LogP contribution in [0.3, 0.4) is 0 Å². The van der Waals surface area contributed by atoms with Crippen LogP contribution in [0.15, 0.2) is 27.6 Å². The summed E-state index contributed by atoms with van der Waals surface area (Å²) in [6.07, 6.45) is -4.67. The molecule has 0 bridgehead atoms. The summed E-state index contributed by atoms with van der Waals surface area (Å²) in [5, 5.41) is 0. The van der Waals surface area contributed by atoms with E-state index < -0.39 is 27.7 Å². The zero-order chi connectivity index (χ0) is 10.9. The first-order chi connectivity index (χ1) is 6.32. The van der Waals surface area contributed by atoms with Crippen molar-refractivity contribution in [3.8, 4) is 0 Å². The lowest BCUT2D eigenvalue weighted by Crippen LogP contribution is -2.09. The largest absolute Gasteiger partial charge is 0.768 e. The van der Waals surface area contributed by atoms with Crippen LogP contribution < -0.4 is 0 Å². The monoisotopic (exact) mass is 287 g/mol. The molecule has 0 radical (unpaired) electrons. The molecule has 1 rings (SSSR count). The van der Waals surface area contributed by atoms with Gasteiger partial charge in [-0.2, -0.15) is 13.2 Å². The van der Waals surface area contributed by atoms with Crippen molar-refractivity contribution in [3.05, 3.63) is 28.2 Å². The fourth-order valence-electron chi connectivity index (χ4n) is 0.869. The Kier molecular flexibility index (Phi) is 3.33. The second kappa shape index (κ2) is 4.00. The molecule has 0 fully saturated rings. The quantitative estimate of drug-likeness (QED) is 0.745. The molecule has 14 heavy (non-hydrogen) atoms. The molecule has 0 amide bonds. The van der Waals surface area contributed by atoms with Gasteiger partial charge in [0.25, 0.3) is 0 Å². The first kappa shape index (κ1) is 11.7. The van der Waals surface area contributed by atoms with Gasteiger partial charge in [0.15, 0.2) is 0 Å². The van der Waals surface area contributed by atoms with Crippen molar-refractivity contribution in [2.75, 3.05) is 0 Å². The lowest BCUT2D eigenvalue weighted by molar-refractivity contribution is -0.139. The average molecular weight is 288 g/mol. The number of hydrogen-bond acceptors (Lipinski definition) is 2. The first-order valence-electron chi connectivity index (χ1n) is 3.28. The third-order valence-electron chi connectivity index (χ3n) is 1.43. The molecule has 0 saturated carbocycles. The molecule has 0 saturated heterocycles. The van der Waals surface area contributed by atoms with Crippen LogP contribution in [0.1, 0.15) is 5.56 Å². The number of alkyl halides is 3. The van der Waals surface area contributed by atoms with Crippen LogP contribution in [0.5, 0.6) is 0 Å². The summed E-state index contributed by atoms with van der Waals surface area (Å²) in [7, 11) is 0. The van der Waals surface area contributed by atoms with Crippen molar-refractivity contribution in [3.63, 3.8) is 0 Å². The Bertz CT molecular complexity index is 378. The molecule has 0 spiro atoms. The summed E-state index contributed by atoms with van der Waals surface area (Å²) in [6.45, 7) is 0. The Labute approximate surface area is 88.5 Å². The van der Waals surface area contributed by atoms with Crippen LogP contribution in [0.2, 0.25) is 0 Å². The highest BCUT2D eigenvalue weighted by molar-refractivity contribution is 9.10. The summed E-state index contributed by atoms with van der Waals surface area (Å²) in [4.78, 5) is -0.749. The van der Waals surface area contributed by atoms with Gasteiger partial charge in [-0.25, -0.2) is 0 Å². The van der Waals surface area contributed by atoms with Crippen LogP contribution in [0.25, 0.3) is 0 Å². The zero-order valence-corrected chi connectivity index (χ0v) is 8.87. The second-order valence-corrected chi connectivity index (χ2v) is 4.20. The standard InChI is InChI=1S/C7H4BrF3O2S/c8-4-1-2-6(14(12)13)5(3-4)7(9,10)11/h1-3H,(H,12,13)/p-1. The van der Waals surface area contributed by atoms with Gasteiger partial charge in [-0.1, -0.05) is 15.9 Å². The van der Waals surface area contributed by atoms with Crippen molar-refractivity contribution >= 4 is 27.0 Å². The molecule has 1 unspecified atom stereocenters. The van der Waals surface area contributed by atoms with Crippen molar-refractivity contribution in [2.45, 2.75) is 11.1 Å². The summed E-state index contributed by atoms with van der Waals surface area (Å²) in [6, 6.07) is 2.86. The van der Waals surface area contributed by atoms with Crippen LogP contribution >= 0.6 is 15.9 Å². The Hall–Kier alpha value is -0.400. The highest BCUT2D eigenvalue weighted by Crippen LogP contribution is 2.34. The van der Waals surface area contributed by atoms with E-state index >= 15 is 0 Å². The average Bonchev–Trinajstić information content (AvgIpc) is 2.01. The van der Waals surface area contributed by atoms with E-state index in [9.17, 15) is 21.9 Å². The minimum Gasteiger partial charge on any atom is -0.768 e. The molecule has 7 heteroatoms. The van der Waals surface area contributed by atoms with Crippen molar-refractivity contribution in [1.29, 1.82) is 0 Å². The smallest absolute Gasteiger partial charge is 0.417 e. The normalized spacial score (nSPS) is 14.1. The van der Waals surface area contributed by atoms with E-state index in [1.165, 1.54) is 6.07 Å². The van der Waals surface area contributed by atoms with Crippen molar-refractivity contribution in [1.82, 2.24) is 0 Å². The lowest BCUT2D eigenvalue weighted by atomic mass is 10.2. The van der Waals surface area contributed by atoms with Crippen LogP contribution in [0.4, 0.5) is 13.2 Å². The van der Waals surface area contributed by atoms with E-state index in [4.69, 9.17) is 0 Å². The molecule has 1 aromatic rings. The van der Waals surface area contributed by atoms with E-state index in [0.29, 0.717) is 0 Å². The third-order valence-corrected chi connectivity index (χ3v) is 2.63. The molecular weight excluding hydrogens is 285 g/mol. The topological polar surface area (TPSA) is 40.1 Å². The number of halogens is 4. The van der Waals surface area contributed by atoms with Gasteiger partial charge in [-0.05, 0) is 29.3 Å². The van der Waals surface area contributed by atoms with Crippen LogP contribution in [-0.2, 0) is 17.3 Å².